The van der Waals surface area contributed by atoms with Crippen molar-refractivity contribution < 1.29 is 31.1 Å². The van der Waals surface area contributed by atoms with Crippen molar-refractivity contribution in [1.82, 2.24) is 4.72 Å². The summed E-state index contributed by atoms with van der Waals surface area (Å²) < 4.78 is 68.5. The summed E-state index contributed by atoms with van der Waals surface area (Å²) in [5.41, 5.74) is -5.28. The standard InChI is InChI=1S/C8H14F3NO4S/c9-8(10,11)17(13,14)12-4-6-16-7-3-1-2-5-15-7/h7,12H,1-6H2. The summed E-state index contributed by atoms with van der Waals surface area (Å²) in [6, 6.07) is 0. The van der Waals surface area contributed by atoms with Gasteiger partial charge in [0, 0.05) is 13.2 Å². The first-order valence-corrected chi connectivity index (χ1v) is 6.60. The third-order valence-corrected chi connectivity index (χ3v) is 3.33. The van der Waals surface area contributed by atoms with Gasteiger partial charge in [0.25, 0.3) is 0 Å². The quantitative estimate of drug-likeness (QED) is 0.760. The van der Waals surface area contributed by atoms with Gasteiger partial charge < -0.3 is 9.47 Å². The molecule has 1 fully saturated rings. The smallest absolute Gasteiger partial charge is 0.353 e. The monoisotopic (exact) mass is 277 g/mol. The van der Waals surface area contributed by atoms with Gasteiger partial charge in [0.15, 0.2) is 6.29 Å². The Kier molecular flexibility index (Phi) is 5.17. The topological polar surface area (TPSA) is 64.6 Å². The summed E-state index contributed by atoms with van der Waals surface area (Å²) in [5.74, 6) is 0. The third-order valence-electron chi connectivity index (χ3n) is 2.14. The lowest BCUT2D eigenvalue weighted by Gasteiger charge is -2.22. The summed E-state index contributed by atoms with van der Waals surface area (Å²) in [5, 5.41) is 0. The molecule has 1 rings (SSSR count). The lowest BCUT2D eigenvalue weighted by molar-refractivity contribution is -0.160. The van der Waals surface area contributed by atoms with Crippen molar-refractivity contribution in [2.24, 2.45) is 0 Å². The molecule has 0 spiro atoms. The molecular weight excluding hydrogens is 263 g/mol. The second-order valence-electron chi connectivity index (χ2n) is 3.51. The van der Waals surface area contributed by atoms with Crippen LogP contribution in [0.4, 0.5) is 13.2 Å². The van der Waals surface area contributed by atoms with Crippen LogP contribution in [0.15, 0.2) is 0 Å². The second-order valence-corrected chi connectivity index (χ2v) is 5.27. The lowest BCUT2D eigenvalue weighted by Crippen LogP contribution is -2.38. The van der Waals surface area contributed by atoms with E-state index in [1.165, 1.54) is 4.72 Å². The molecule has 0 saturated carbocycles. The molecule has 0 aromatic rings. The number of hydrogen-bond donors (Lipinski definition) is 1. The van der Waals surface area contributed by atoms with Gasteiger partial charge >= 0.3 is 15.5 Å². The van der Waals surface area contributed by atoms with E-state index < -0.39 is 28.4 Å². The molecule has 0 amide bonds. The molecule has 1 unspecified atom stereocenters. The van der Waals surface area contributed by atoms with Gasteiger partial charge in [-0.1, -0.05) is 0 Å². The predicted octanol–water partition coefficient (Wildman–Crippen LogP) is 0.969. The second kappa shape index (κ2) is 5.98. The van der Waals surface area contributed by atoms with Crippen molar-refractivity contribution in [3.8, 4) is 0 Å². The summed E-state index contributed by atoms with van der Waals surface area (Å²) in [4.78, 5) is 0. The van der Waals surface area contributed by atoms with E-state index in [2.05, 4.69) is 0 Å². The Morgan fingerprint density at radius 2 is 2.06 bits per heavy atom. The molecule has 0 aromatic heterocycles. The fraction of sp³-hybridized carbons (Fsp3) is 1.00. The van der Waals surface area contributed by atoms with E-state index in [9.17, 15) is 21.6 Å². The zero-order valence-electron chi connectivity index (χ0n) is 9.00. The minimum Gasteiger partial charge on any atom is -0.353 e. The van der Waals surface area contributed by atoms with E-state index in [4.69, 9.17) is 9.47 Å². The van der Waals surface area contributed by atoms with Crippen molar-refractivity contribution in [3.63, 3.8) is 0 Å². The summed E-state index contributed by atoms with van der Waals surface area (Å²) in [6.07, 6.45) is 2.09. The number of alkyl halides is 3. The first-order chi connectivity index (χ1) is 7.83. The summed E-state index contributed by atoms with van der Waals surface area (Å²) in [6.45, 7) is -0.0272. The highest BCUT2D eigenvalue weighted by molar-refractivity contribution is 7.90. The van der Waals surface area contributed by atoms with Crippen LogP contribution in [0.5, 0.6) is 0 Å². The van der Waals surface area contributed by atoms with Gasteiger partial charge in [-0.2, -0.15) is 13.2 Å². The Morgan fingerprint density at radius 1 is 1.35 bits per heavy atom. The molecule has 1 aliphatic rings. The number of nitrogens with one attached hydrogen (secondary N) is 1. The molecule has 0 aliphatic carbocycles. The molecule has 0 bridgehead atoms. The van der Waals surface area contributed by atoms with Crippen molar-refractivity contribution in [1.29, 1.82) is 0 Å². The van der Waals surface area contributed by atoms with Gasteiger partial charge in [-0.3, -0.25) is 0 Å². The maximum absolute atomic E-state index is 11.9. The van der Waals surface area contributed by atoms with Crippen LogP contribution in [0.1, 0.15) is 19.3 Å². The summed E-state index contributed by atoms with van der Waals surface area (Å²) >= 11 is 0. The highest BCUT2D eigenvalue weighted by Gasteiger charge is 2.45. The zero-order chi connectivity index (χ0) is 12.9. The van der Waals surface area contributed by atoms with E-state index in [-0.39, 0.29) is 6.61 Å². The molecule has 1 saturated heterocycles. The minimum atomic E-state index is -5.28. The van der Waals surface area contributed by atoms with Gasteiger partial charge in [0.1, 0.15) is 0 Å². The maximum atomic E-state index is 11.9. The Bertz CT molecular complexity index is 324. The van der Waals surface area contributed by atoms with Crippen molar-refractivity contribution in [2.75, 3.05) is 19.8 Å². The Hall–Kier alpha value is -0.380. The van der Waals surface area contributed by atoms with E-state index in [1.807, 2.05) is 0 Å². The Balaban J connectivity index is 2.19. The highest BCUT2D eigenvalue weighted by Crippen LogP contribution is 2.21. The van der Waals surface area contributed by atoms with E-state index in [0.717, 1.165) is 12.8 Å². The van der Waals surface area contributed by atoms with Gasteiger partial charge in [-0.05, 0) is 19.3 Å². The van der Waals surface area contributed by atoms with E-state index >= 15 is 0 Å². The lowest BCUT2D eigenvalue weighted by atomic mass is 10.2. The van der Waals surface area contributed by atoms with Crippen LogP contribution in [-0.4, -0.2) is 40.0 Å². The number of sulfonamides is 1. The predicted molar refractivity (Wildman–Crippen MR) is 52.5 cm³/mol. The Labute approximate surface area is 97.3 Å². The molecular formula is C8H14F3NO4S. The first kappa shape index (κ1) is 14.7. The van der Waals surface area contributed by atoms with Crippen LogP contribution in [0, 0.1) is 0 Å². The third kappa shape index (κ3) is 4.78. The van der Waals surface area contributed by atoms with Crippen LogP contribution in [0.2, 0.25) is 0 Å². The van der Waals surface area contributed by atoms with Gasteiger partial charge in [0.05, 0.1) is 6.61 Å². The average Bonchev–Trinajstić information content (AvgIpc) is 2.24. The van der Waals surface area contributed by atoms with Crippen LogP contribution >= 0.6 is 0 Å². The van der Waals surface area contributed by atoms with Crippen LogP contribution < -0.4 is 4.72 Å². The fourth-order valence-corrected chi connectivity index (χ4v) is 1.81. The number of ether oxygens (including phenoxy) is 2. The zero-order valence-corrected chi connectivity index (χ0v) is 9.81. The fourth-order valence-electron chi connectivity index (χ4n) is 1.29. The van der Waals surface area contributed by atoms with Crippen LogP contribution in [0.3, 0.4) is 0 Å². The number of rotatable bonds is 5. The Morgan fingerprint density at radius 3 is 2.59 bits per heavy atom. The van der Waals surface area contributed by atoms with Gasteiger partial charge in [0.2, 0.25) is 0 Å². The van der Waals surface area contributed by atoms with Gasteiger partial charge in [-0.25, -0.2) is 13.1 Å². The normalized spacial score (nSPS) is 22.6. The highest BCUT2D eigenvalue weighted by atomic mass is 32.2. The average molecular weight is 277 g/mol. The molecule has 102 valence electrons. The van der Waals surface area contributed by atoms with E-state index in [0.29, 0.717) is 13.0 Å². The maximum Gasteiger partial charge on any atom is 0.511 e. The molecule has 5 nitrogen and oxygen atoms in total. The molecule has 0 radical (unpaired) electrons. The van der Waals surface area contributed by atoms with E-state index in [1.54, 1.807) is 0 Å². The van der Waals surface area contributed by atoms with Gasteiger partial charge in [-0.15, -0.1) is 0 Å². The largest absolute Gasteiger partial charge is 0.511 e. The SMILES string of the molecule is O=S(=O)(NCCOC1CCCCO1)C(F)(F)F. The van der Waals surface area contributed by atoms with Crippen molar-refractivity contribution in [3.05, 3.63) is 0 Å². The van der Waals surface area contributed by atoms with Crippen molar-refractivity contribution >= 4 is 10.0 Å². The molecule has 1 N–H and O–H groups in total. The molecule has 9 heteroatoms. The first-order valence-electron chi connectivity index (χ1n) is 5.12. The molecule has 0 aromatic carbocycles. The van der Waals surface area contributed by atoms with Crippen LogP contribution in [-0.2, 0) is 19.5 Å². The minimum absolute atomic E-state index is 0.153. The summed E-state index contributed by atoms with van der Waals surface area (Å²) in [7, 11) is -5.27. The van der Waals surface area contributed by atoms with Crippen molar-refractivity contribution in [2.45, 2.75) is 31.1 Å². The molecule has 17 heavy (non-hydrogen) atoms. The molecule has 1 atom stereocenters. The number of hydrogen-bond acceptors (Lipinski definition) is 4. The molecule has 1 aliphatic heterocycles. The molecule has 1 heterocycles. The van der Waals surface area contributed by atoms with Crippen LogP contribution in [0.25, 0.3) is 0 Å². The number of halogens is 3.